The van der Waals surface area contributed by atoms with Crippen molar-refractivity contribution < 1.29 is 14.6 Å². The number of amides is 1. The summed E-state index contributed by atoms with van der Waals surface area (Å²) in [6, 6.07) is 7.28. The Labute approximate surface area is 120 Å². The molecular formula is C16H21NO3. The number of likely N-dealkylation sites (N-methyl/N-ethyl adjacent to an activating group) is 1. The van der Waals surface area contributed by atoms with Crippen LogP contribution in [-0.4, -0.2) is 49.3 Å². The third kappa shape index (κ3) is 4.69. The van der Waals surface area contributed by atoms with E-state index >= 15 is 0 Å². The van der Waals surface area contributed by atoms with Crippen LogP contribution in [0.25, 0.3) is 0 Å². The molecule has 1 aromatic rings. The largest absolute Gasteiger partial charge is 0.395 e. The van der Waals surface area contributed by atoms with Gasteiger partial charge in [0.1, 0.15) is 0 Å². The number of rotatable bonds is 6. The van der Waals surface area contributed by atoms with Crippen LogP contribution in [0.4, 0.5) is 0 Å². The highest BCUT2D eigenvalue weighted by Crippen LogP contribution is 2.11. The van der Waals surface area contributed by atoms with E-state index in [0.29, 0.717) is 37.2 Å². The fraction of sp³-hybridized carbons (Fsp3) is 0.438. The standard InChI is InChI=1S/C16H21NO3/c1-3-17(11-13-20-2)16(19)15-10-5-4-8-14(15)9-6-7-12-18/h4-5,8,10,18H,3,7,11-13H2,1-2H3. The fourth-order valence-corrected chi connectivity index (χ4v) is 1.77. The van der Waals surface area contributed by atoms with Gasteiger partial charge in [0.05, 0.1) is 18.8 Å². The summed E-state index contributed by atoms with van der Waals surface area (Å²) in [5.41, 5.74) is 1.29. The van der Waals surface area contributed by atoms with Gasteiger partial charge in [-0.25, -0.2) is 0 Å². The zero-order valence-corrected chi connectivity index (χ0v) is 12.1. The zero-order valence-electron chi connectivity index (χ0n) is 12.1. The van der Waals surface area contributed by atoms with Gasteiger partial charge in [0.15, 0.2) is 0 Å². The average Bonchev–Trinajstić information content (AvgIpc) is 2.48. The lowest BCUT2D eigenvalue weighted by Gasteiger charge is -2.21. The lowest BCUT2D eigenvalue weighted by molar-refractivity contribution is 0.0706. The van der Waals surface area contributed by atoms with Crippen molar-refractivity contribution in [1.82, 2.24) is 4.90 Å². The van der Waals surface area contributed by atoms with Crippen LogP contribution < -0.4 is 0 Å². The van der Waals surface area contributed by atoms with E-state index < -0.39 is 0 Å². The summed E-state index contributed by atoms with van der Waals surface area (Å²) >= 11 is 0. The summed E-state index contributed by atoms with van der Waals surface area (Å²) < 4.78 is 5.02. The maximum absolute atomic E-state index is 12.5. The van der Waals surface area contributed by atoms with Crippen LogP contribution in [0.1, 0.15) is 29.3 Å². The first-order chi connectivity index (χ1) is 9.74. The first-order valence-electron chi connectivity index (χ1n) is 6.71. The van der Waals surface area contributed by atoms with Gasteiger partial charge in [0.25, 0.3) is 5.91 Å². The van der Waals surface area contributed by atoms with Crippen LogP contribution in [0.5, 0.6) is 0 Å². The number of carbonyl (C=O) groups is 1. The molecule has 1 aromatic carbocycles. The third-order valence-electron chi connectivity index (χ3n) is 2.85. The molecule has 20 heavy (non-hydrogen) atoms. The molecule has 0 aliphatic carbocycles. The van der Waals surface area contributed by atoms with Gasteiger partial charge in [0, 0.05) is 32.2 Å². The smallest absolute Gasteiger partial charge is 0.255 e. The van der Waals surface area contributed by atoms with Gasteiger partial charge in [-0.05, 0) is 19.1 Å². The van der Waals surface area contributed by atoms with Crippen molar-refractivity contribution in [2.24, 2.45) is 0 Å². The molecule has 108 valence electrons. The van der Waals surface area contributed by atoms with Gasteiger partial charge < -0.3 is 14.7 Å². The highest BCUT2D eigenvalue weighted by Gasteiger charge is 2.16. The Morgan fingerprint density at radius 3 is 2.80 bits per heavy atom. The molecule has 0 fully saturated rings. The number of aliphatic hydroxyl groups is 1. The highest BCUT2D eigenvalue weighted by atomic mass is 16.5. The Kier molecular flexibility index (Phi) is 7.41. The van der Waals surface area contributed by atoms with Crippen molar-refractivity contribution in [2.45, 2.75) is 13.3 Å². The zero-order chi connectivity index (χ0) is 14.8. The fourth-order valence-electron chi connectivity index (χ4n) is 1.77. The number of nitrogens with zero attached hydrogens (tertiary/aromatic N) is 1. The Morgan fingerprint density at radius 1 is 1.40 bits per heavy atom. The second-order valence-corrected chi connectivity index (χ2v) is 4.20. The van der Waals surface area contributed by atoms with E-state index in [2.05, 4.69) is 11.8 Å². The van der Waals surface area contributed by atoms with Gasteiger partial charge in [-0.3, -0.25) is 4.79 Å². The number of methoxy groups -OCH3 is 1. The van der Waals surface area contributed by atoms with Gasteiger partial charge in [-0.2, -0.15) is 0 Å². The first kappa shape index (κ1) is 16.2. The van der Waals surface area contributed by atoms with Crippen molar-refractivity contribution in [3.63, 3.8) is 0 Å². The van der Waals surface area contributed by atoms with Crippen LogP contribution in [0.15, 0.2) is 24.3 Å². The van der Waals surface area contributed by atoms with E-state index in [1.807, 2.05) is 25.1 Å². The molecule has 4 nitrogen and oxygen atoms in total. The third-order valence-corrected chi connectivity index (χ3v) is 2.85. The molecule has 0 saturated heterocycles. The molecule has 0 spiro atoms. The monoisotopic (exact) mass is 275 g/mol. The van der Waals surface area contributed by atoms with E-state index in [1.54, 1.807) is 18.1 Å². The molecule has 0 bridgehead atoms. The summed E-state index contributed by atoms with van der Waals surface area (Å²) in [5, 5.41) is 8.75. The first-order valence-corrected chi connectivity index (χ1v) is 6.71. The number of carbonyl (C=O) groups excluding carboxylic acids is 1. The predicted molar refractivity (Wildman–Crippen MR) is 78.5 cm³/mol. The summed E-state index contributed by atoms with van der Waals surface area (Å²) in [6.45, 7) is 3.66. The lowest BCUT2D eigenvalue weighted by Crippen LogP contribution is -2.34. The molecule has 1 N–H and O–H groups in total. The minimum absolute atomic E-state index is 0.0258. The molecule has 0 aliphatic heterocycles. The van der Waals surface area contributed by atoms with E-state index in [-0.39, 0.29) is 12.5 Å². The Bertz CT molecular complexity index is 488. The number of hydrogen-bond donors (Lipinski definition) is 1. The van der Waals surface area contributed by atoms with Crippen LogP contribution in [0, 0.1) is 11.8 Å². The van der Waals surface area contributed by atoms with Crippen molar-refractivity contribution in [3.8, 4) is 11.8 Å². The normalized spacial score (nSPS) is 9.75. The Hall–Kier alpha value is -1.83. The topological polar surface area (TPSA) is 49.8 Å². The Balaban J connectivity index is 2.94. The van der Waals surface area contributed by atoms with Crippen LogP contribution >= 0.6 is 0 Å². The molecule has 1 amide bonds. The molecule has 0 aromatic heterocycles. The number of benzene rings is 1. The average molecular weight is 275 g/mol. The molecule has 0 radical (unpaired) electrons. The minimum Gasteiger partial charge on any atom is -0.395 e. The van der Waals surface area contributed by atoms with E-state index in [1.165, 1.54) is 0 Å². The second-order valence-electron chi connectivity index (χ2n) is 4.20. The summed E-state index contributed by atoms with van der Waals surface area (Å²) in [7, 11) is 1.62. The van der Waals surface area contributed by atoms with Crippen molar-refractivity contribution in [1.29, 1.82) is 0 Å². The predicted octanol–water partition coefficient (Wildman–Crippen LogP) is 1.53. The lowest BCUT2D eigenvalue weighted by atomic mass is 10.1. The van der Waals surface area contributed by atoms with Crippen LogP contribution in [0.3, 0.4) is 0 Å². The van der Waals surface area contributed by atoms with Gasteiger partial charge in [-0.15, -0.1) is 0 Å². The van der Waals surface area contributed by atoms with Crippen LogP contribution in [0.2, 0.25) is 0 Å². The number of hydrogen-bond acceptors (Lipinski definition) is 3. The second kappa shape index (κ2) is 9.13. The number of ether oxygens (including phenoxy) is 1. The summed E-state index contributed by atoms with van der Waals surface area (Å²) in [4.78, 5) is 14.2. The van der Waals surface area contributed by atoms with E-state index in [0.717, 1.165) is 0 Å². The summed E-state index contributed by atoms with van der Waals surface area (Å²) in [5.74, 6) is 5.75. The molecule has 4 heteroatoms. The van der Waals surface area contributed by atoms with Crippen molar-refractivity contribution in [2.75, 3.05) is 33.4 Å². The molecule has 0 heterocycles. The molecule has 0 unspecified atom stereocenters. The molecule has 1 rings (SSSR count). The Morgan fingerprint density at radius 2 is 2.15 bits per heavy atom. The van der Waals surface area contributed by atoms with Crippen molar-refractivity contribution >= 4 is 5.91 Å². The van der Waals surface area contributed by atoms with E-state index in [4.69, 9.17) is 9.84 Å². The molecular weight excluding hydrogens is 254 g/mol. The van der Waals surface area contributed by atoms with Crippen LogP contribution in [-0.2, 0) is 4.74 Å². The molecule has 0 saturated carbocycles. The molecule has 0 atom stereocenters. The quantitative estimate of drug-likeness (QED) is 0.801. The maximum Gasteiger partial charge on any atom is 0.255 e. The maximum atomic E-state index is 12.5. The molecule has 0 aliphatic rings. The van der Waals surface area contributed by atoms with Gasteiger partial charge in [0.2, 0.25) is 0 Å². The highest BCUT2D eigenvalue weighted by molar-refractivity contribution is 5.96. The van der Waals surface area contributed by atoms with Crippen molar-refractivity contribution in [3.05, 3.63) is 35.4 Å². The van der Waals surface area contributed by atoms with Gasteiger partial charge >= 0.3 is 0 Å². The van der Waals surface area contributed by atoms with E-state index in [9.17, 15) is 4.79 Å². The number of aliphatic hydroxyl groups excluding tert-OH is 1. The van der Waals surface area contributed by atoms with Gasteiger partial charge in [-0.1, -0.05) is 24.0 Å². The SMILES string of the molecule is CCN(CCOC)C(=O)c1ccccc1C#CCCO. The minimum atomic E-state index is -0.0431. The summed E-state index contributed by atoms with van der Waals surface area (Å²) in [6.07, 6.45) is 0.406.